The predicted molar refractivity (Wildman–Crippen MR) is 147 cm³/mol. The smallest absolute Gasteiger partial charge is 0.407 e. The number of carbonyl (C=O) groups excluding carboxylic acids is 1. The number of rotatable bonds is 6. The van der Waals surface area contributed by atoms with Crippen molar-refractivity contribution in [1.29, 1.82) is 5.26 Å². The normalized spacial score (nSPS) is 14.1. The summed E-state index contributed by atoms with van der Waals surface area (Å²) in [5.41, 5.74) is 1.48. The molecule has 1 N–H and O–H groups in total. The standard InChI is InChI=1S/C29H30BrFN4O3/c1-29(2,3)38-28(36)33-22-11-13-35(14-12-22)25-16-24(37-18-19-7-5-4-6-8-19)26(30)27(34-25)20-9-10-21(17-32)23(31)15-20/h4-10,15-16,22H,11-14,18H2,1-3H3,(H,33,36). The molecule has 1 fully saturated rings. The fourth-order valence-corrected chi connectivity index (χ4v) is 4.71. The summed E-state index contributed by atoms with van der Waals surface area (Å²) in [4.78, 5) is 19.2. The molecule has 0 bridgehead atoms. The van der Waals surface area contributed by atoms with Crippen molar-refractivity contribution >= 4 is 27.8 Å². The third kappa shape index (κ3) is 7.01. The summed E-state index contributed by atoms with van der Waals surface area (Å²) in [5, 5.41) is 12.1. The summed E-state index contributed by atoms with van der Waals surface area (Å²) in [6.07, 6.45) is 1.02. The summed E-state index contributed by atoms with van der Waals surface area (Å²) in [6.45, 7) is 7.18. The Morgan fingerprint density at radius 2 is 1.89 bits per heavy atom. The number of hydrogen-bond acceptors (Lipinski definition) is 6. The van der Waals surface area contributed by atoms with Gasteiger partial charge in [-0.15, -0.1) is 0 Å². The van der Waals surface area contributed by atoms with Crippen LogP contribution in [0.4, 0.5) is 15.0 Å². The monoisotopic (exact) mass is 580 g/mol. The number of hydrogen-bond donors (Lipinski definition) is 1. The minimum Gasteiger partial charge on any atom is -0.488 e. The van der Waals surface area contributed by atoms with Crippen molar-refractivity contribution in [2.24, 2.45) is 0 Å². The number of pyridine rings is 1. The SMILES string of the molecule is CC(C)(C)OC(=O)NC1CCN(c2cc(OCc3ccccc3)c(Br)c(-c3ccc(C#N)c(F)c3)n2)CC1. The molecule has 198 valence electrons. The summed E-state index contributed by atoms with van der Waals surface area (Å²) in [7, 11) is 0. The number of anilines is 1. The number of alkyl carbamates (subject to hydrolysis) is 1. The molecule has 3 aromatic rings. The van der Waals surface area contributed by atoms with Crippen LogP contribution in [0.1, 0.15) is 44.7 Å². The van der Waals surface area contributed by atoms with Gasteiger partial charge in [0.25, 0.3) is 0 Å². The molecule has 1 amide bonds. The second kappa shape index (κ2) is 11.8. The van der Waals surface area contributed by atoms with Crippen molar-refractivity contribution < 1.29 is 18.7 Å². The van der Waals surface area contributed by atoms with E-state index in [2.05, 4.69) is 26.1 Å². The number of nitrogens with zero attached hydrogens (tertiary/aromatic N) is 3. The van der Waals surface area contributed by atoms with Gasteiger partial charge in [-0.05, 0) is 67.2 Å². The Balaban J connectivity index is 1.58. The highest BCUT2D eigenvalue weighted by atomic mass is 79.9. The predicted octanol–water partition coefficient (Wildman–Crippen LogP) is 6.59. The number of carbonyl (C=O) groups is 1. The van der Waals surface area contributed by atoms with Gasteiger partial charge in [0.05, 0.1) is 15.7 Å². The Labute approximate surface area is 230 Å². The molecule has 0 unspecified atom stereocenters. The zero-order valence-electron chi connectivity index (χ0n) is 21.6. The minimum absolute atomic E-state index is 0.00237. The average molecular weight is 581 g/mol. The first-order valence-corrected chi connectivity index (χ1v) is 13.2. The van der Waals surface area contributed by atoms with Crippen molar-refractivity contribution in [1.82, 2.24) is 10.3 Å². The lowest BCUT2D eigenvalue weighted by Crippen LogP contribution is -2.46. The molecule has 0 radical (unpaired) electrons. The van der Waals surface area contributed by atoms with Gasteiger partial charge in [0.2, 0.25) is 0 Å². The number of aromatic nitrogens is 1. The van der Waals surface area contributed by atoms with Crippen LogP contribution in [0.15, 0.2) is 59.1 Å². The van der Waals surface area contributed by atoms with Crippen LogP contribution in [0.2, 0.25) is 0 Å². The van der Waals surface area contributed by atoms with E-state index in [-0.39, 0.29) is 11.6 Å². The number of piperidine rings is 1. The average Bonchev–Trinajstić information content (AvgIpc) is 2.88. The van der Waals surface area contributed by atoms with Crippen LogP contribution in [-0.4, -0.2) is 35.8 Å². The van der Waals surface area contributed by atoms with Crippen LogP contribution >= 0.6 is 15.9 Å². The van der Waals surface area contributed by atoms with Crippen LogP contribution in [0.25, 0.3) is 11.3 Å². The van der Waals surface area contributed by atoms with E-state index in [0.29, 0.717) is 47.0 Å². The van der Waals surface area contributed by atoms with Crippen molar-refractivity contribution in [3.05, 3.63) is 76.0 Å². The molecule has 7 nitrogen and oxygen atoms in total. The maximum Gasteiger partial charge on any atom is 0.407 e. The Morgan fingerprint density at radius 3 is 2.53 bits per heavy atom. The third-order valence-corrected chi connectivity index (χ3v) is 6.82. The van der Waals surface area contributed by atoms with E-state index in [1.54, 1.807) is 6.07 Å². The van der Waals surface area contributed by atoms with Crippen LogP contribution < -0.4 is 15.0 Å². The Morgan fingerprint density at radius 1 is 1.18 bits per heavy atom. The molecule has 1 aliphatic heterocycles. The van der Waals surface area contributed by atoms with Crippen molar-refractivity contribution in [3.63, 3.8) is 0 Å². The molecule has 0 atom stereocenters. The van der Waals surface area contributed by atoms with Gasteiger partial charge in [0.1, 0.15) is 35.7 Å². The van der Waals surface area contributed by atoms with Crippen LogP contribution in [0, 0.1) is 17.1 Å². The Kier molecular flexibility index (Phi) is 8.52. The fourth-order valence-electron chi connectivity index (χ4n) is 4.17. The van der Waals surface area contributed by atoms with E-state index in [0.717, 1.165) is 18.4 Å². The first-order valence-electron chi connectivity index (χ1n) is 12.4. The summed E-state index contributed by atoms with van der Waals surface area (Å²) >= 11 is 3.62. The number of ether oxygens (including phenoxy) is 2. The quantitative estimate of drug-likeness (QED) is 0.353. The van der Waals surface area contributed by atoms with Crippen LogP contribution in [0.5, 0.6) is 5.75 Å². The number of amides is 1. The van der Waals surface area contributed by atoms with E-state index >= 15 is 0 Å². The van der Waals surface area contributed by atoms with Gasteiger partial charge in [-0.2, -0.15) is 5.26 Å². The molecule has 2 heterocycles. The van der Waals surface area contributed by atoms with E-state index in [9.17, 15) is 9.18 Å². The minimum atomic E-state index is -0.607. The molecule has 1 saturated heterocycles. The number of nitrogens with one attached hydrogen (secondary N) is 1. The van der Waals surface area contributed by atoms with E-state index in [1.807, 2.05) is 63.2 Å². The molecule has 0 aliphatic carbocycles. The van der Waals surface area contributed by atoms with Gasteiger partial charge in [-0.3, -0.25) is 0 Å². The maximum absolute atomic E-state index is 14.5. The van der Waals surface area contributed by atoms with Crippen LogP contribution in [0.3, 0.4) is 0 Å². The first-order chi connectivity index (χ1) is 18.1. The Bertz CT molecular complexity index is 1330. The highest BCUT2D eigenvalue weighted by molar-refractivity contribution is 9.10. The lowest BCUT2D eigenvalue weighted by Gasteiger charge is -2.34. The molecule has 4 rings (SSSR count). The van der Waals surface area contributed by atoms with Gasteiger partial charge in [0, 0.05) is 30.8 Å². The third-order valence-electron chi connectivity index (χ3n) is 6.05. The van der Waals surface area contributed by atoms with Crippen molar-refractivity contribution in [3.8, 4) is 23.1 Å². The van der Waals surface area contributed by atoms with Crippen molar-refractivity contribution in [2.45, 2.75) is 51.9 Å². The molecule has 0 saturated carbocycles. The molecule has 2 aromatic carbocycles. The maximum atomic E-state index is 14.5. The molecular weight excluding hydrogens is 551 g/mol. The van der Waals surface area contributed by atoms with Gasteiger partial charge in [-0.1, -0.05) is 36.4 Å². The zero-order valence-corrected chi connectivity index (χ0v) is 23.2. The van der Waals surface area contributed by atoms with E-state index in [1.165, 1.54) is 12.1 Å². The van der Waals surface area contributed by atoms with E-state index < -0.39 is 17.5 Å². The molecule has 9 heteroatoms. The largest absolute Gasteiger partial charge is 0.488 e. The number of halogens is 2. The second-order valence-electron chi connectivity index (χ2n) is 10.1. The van der Waals surface area contributed by atoms with Gasteiger partial charge in [-0.25, -0.2) is 14.2 Å². The van der Waals surface area contributed by atoms with Gasteiger partial charge < -0.3 is 19.7 Å². The van der Waals surface area contributed by atoms with Gasteiger partial charge >= 0.3 is 6.09 Å². The highest BCUT2D eigenvalue weighted by Gasteiger charge is 2.26. The van der Waals surface area contributed by atoms with Crippen LogP contribution in [-0.2, 0) is 11.3 Å². The lowest BCUT2D eigenvalue weighted by atomic mass is 10.0. The van der Waals surface area contributed by atoms with E-state index in [4.69, 9.17) is 19.7 Å². The lowest BCUT2D eigenvalue weighted by molar-refractivity contribution is 0.0497. The summed E-state index contributed by atoms with van der Waals surface area (Å²) in [5.74, 6) is 0.657. The first kappa shape index (κ1) is 27.4. The number of benzene rings is 2. The van der Waals surface area contributed by atoms with Gasteiger partial charge in [0.15, 0.2) is 0 Å². The molecule has 0 spiro atoms. The molecule has 1 aliphatic rings. The summed E-state index contributed by atoms with van der Waals surface area (Å²) < 4.78 is 26.7. The fraction of sp³-hybridized carbons (Fsp3) is 0.345. The second-order valence-corrected chi connectivity index (χ2v) is 10.9. The zero-order chi connectivity index (χ0) is 27.3. The number of nitriles is 1. The molecule has 1 aromatic heterocycles. The molecular formula is C29H30BrFN4O3. The summed E-state index contributed by atoms with van der Waals surface area (Å²) in [6, 6.07) is 18.0. The highest BCUT2D eigenvalue weighted by Crippen LogP contribution is 2.38. The van der Waals surface area contributed by atoms with Crippen molar-refractivity contribution in [2.75, 3.05) is 18.0 Å². The Hall–Kier alpha value is -3.64. The molecule has 38 heavy (non-hydrogen) atoms. The topological polar surface area (TPSA) is 87.5 Å².